The highest BCUT2D eigenvalue weighted by molar-refractivity contribution is 5.63. The molecule has 0 radical (unpaired) electrons. The van der Waals surface area contributed by atoms with Gasteiger partial charge in [0.2, 0.25) is 0 Å². The summed E-state index contributed by atoms with van der Waals surface area (Å²) in [6, 6.07) is 0. The summed E-state index contributed by atoms with van der Waals surface area (Å²) in [4.78, 5) is 10.2. The number of aliphatic carboxylic acids is 1. The van der Waals surface area contributed by atoms with E-state index in [9.17, 15) is 9.90 Å². The number of carbonyl (C=O) groups is 1. The van der Waals surface area contributed by atoms with Gasteiger partial charge < -0.3 is 14.6 Å². The zero-order valence-electron chi connectivity index (χ0n) is 13.3. The van der Waals surface area contributed by atoms with Gasteiger partial charge in [-0.15, -0.1) is 0 Å². The first-order valence-electron chi connectivity index (χ1n) is 8.47. The molecule has 0 aromatic heterocycles. The third-order valence-electron chi connectivity index (χ3n) is 3.76. The molecule has 21 heavy (non-hydrogen) atoms. The molecule has 1 aliphatic rings. The molecule has 1 atom stereocenters. The molecule has 3 heteroatoms. The Balaban J connectivity index is 1.90. The fraction of sp³-hybridized carbons (Fsp3) is 0.722. The van der Waals surface area contributed by atoms with Gasteiger partial charge in [-0.05, 0) is 44.6 Å². The minimum absolute atomic E-state index is 0.198. The van der Waals surface area contributed by atoms with Crippen LogP contribution in [0.15, 0.2) is 24.0 Å². The zero-order chi connectivity index (χ0) is 15.3. The Labute approximate surface area is 129 Å². The molecule has 0 N–H and O–H groups in total. The molecule has 0 aromatic rings. The van der Waals surface area contributed by atoms with Crippen molar-refractivity contribution in [1.29, 1.82) is 0 Å². The maximum atomic E-state index is 10.2. The molecule has 0 aliphatic carbocycles. The average Bonchev–Trinajstić information content (AvgIpc) is 3.20. The summed E-state index contributed by atoms with van der Waals surface area (Å²) >= 11 is 0. The van der Waals surface area contributed by atoms with Crippen LogP contribution in [-0.4, -0.2) is 12.1 Å². The van der Waals surface area contributed by atoms with Crippen molar-refractivity contribution in [2.45, 2.75) is 83.7 Å². The second kappa shape index (κ2) is 11.4. The Morgan fingerprint density at radius 2 is 1.90 bits per heavy atom. The highest BCUT2D eigenvalue weighted by atomic mass is 16.6. The van der Waals surface area contributed by atoms with E-state index in [1.54, 1.807) is 0 Å². The zero-order valence-corrected chi connectivity index (χ0v) is 13.3. The lowest BCUT2D eigenvalue weighted by atomic mass is 10.1. The van der Waals surface area contributed by atoms with Crippen molar-refractivity contribution in [1.82, 2.24) is 0 Å². The second-order valence-electron chi connectivity index (χ2n) is 5.78. The van der Waals surface area contributed by atoms with Crippen LogP contribution in [0.25, 0.3) is 0 Å². The minimum atomic E-state index is -0.932. The van der Waals surface area contributed by atoms with Crippen LogP contribution in [0.2, 0.25) is 0 Å². The molecule has 0 bridgehead atoms. The molecule has 0 spiro atoms. The van der Waals surface area contributed by atoms with E-state index in [-0.39, 0.29) is 6.42 Å². The maximum absolute atomic E-state index is 10.2. The van der Waals surface area contributed by atoms with Gasteiger partial charge in [-0.25, -0.2) is 0 Å². The monoisotopic (exact) mass is 293 g/mol. The molecular weight excluding hydrogens is 264 g/mol. The lowest BCUT2D eigenvalue weighted by molar-refractivity contribution is -0.305. The predicted molar refractivity (Wildman–Crippen MR) is 83.6 cm³/mol. The molecule has 1 saturated heterocycles. The van der Waals surface area contributed by atoms with Crippen LogP contribution < -0.4 is 5.11 Å². The highest BCUT2D eigenvalue weighted by Crippen LogP contribution is 2.31. The Morgan fingerprint density at radius 3 is 2.67 bits per heavy atom. The number of hydrogen-bond donors (Lipinski definition) is 0. The van der Waals surface area contributed by atoms with Crippen LogP contribution in [0.5, 0.6) is 0 Å². The number of rotatable bonds is 13. The fourth-order valence-electron chi connectivity index (χ4n) is 2.38. The summed E-state index contributed by atoms with van der Waals surface area (Å²) < 4.78 is 5.53. The fourth-order valence-corrected chi connectivity index (χ4v) is 2.38. The molecular formula is C18H29O3-. The maximum Gasteiger partial charge on any atom is 0.155 e. The van der Waals surface area contributed by atoms with E-state index in [4.69, 9.17) is 4.74 Å². The Bertz CT molecular complexity index is 344. The van der Waals surface area contributed by atoms with Gasteiger partial charge in [0.15, 0.2) is 6.10 Å². The molecule has 1 aliphatic heterocycles. The normalized spacial score (nSPS) is 19.1. The van der Waals surface area contributed by atoms with Crippen molar-refractivity contribution in [2.24, 2.45) is 0 Å². The average molecular weight is 293 g/mol. The summed E-state index contributed by atoms with van der Waals surface area (Å²) in [7, 11) is 0. The standard InChI is InChI=1S/C18H30O3/c1-2-3-4-5-7-10-13-16-17(21-16)14-11-8-6-9-12-15-18(19)20/h7,10,13,17H,2-6,8-9,11-12,14-15H2,1H3,(H,19,20)/p-1/b10-7-,16-13-/t17-/m0/s1. The molecule has 0 aromatic carbocycles. The summed E-state index contributed by atoms with van der Waals surface area (Å²) in [5.74, 6) is 0.192. The summed E-state index contributed by atoms with van der Waals surface area (Å²) in [5, 5.41) is 10.2. The molecule has 3 nitrogen and oxygen atoms in total. The quantitative estimate of drug-likeness (QED) is 0.382. The molecule has 0 amide bonds. The van der Waals surface area contributed by atoms with Crippen molar-refractivity contribution >= 4 is 5.97 Å². The summed E-state index contributed by atoms with van der Waals surface area (Å²) in [6.07, 6.45) is 18.2. The van der Waals surface area contributed by atoms with Crippen LogP contribution in [0, 0.1) is 0 Å². The lowest BCUT2D eigenvalue weighted by Crippen LogP contribution is -2.21. The number of carbonyl (C=O) groups excluding carboxylic acids is 1. The van der Waals surface area contributed by atoms with Gasteiger partial charge in [0.05, 0.1) is 0 Å². The van der Waals surface area contributed by atoms with E-state index in [1.165, 1.54) is 19.3 Å². The molecule has 120 valence electrons. The van der Waals surface area contributed by atoms with Gasteiger partial charge in [0.1, 0.15) is 5.76 Å². The highest BCUT2D eigenvalue weighted by Gasteiger charge is 2.30. The van der Waals surface area contributed by atoms with Gasteiger partial charge in [0.25, 0.3) is 0 Å². The number of unbranched alkanes of at least 4 members (excludes halogenated alkanes) is 7. The van der Waals surface area contributed by atoms with Crippen molar-refractivity contribution in [2.75, 3.05) is 0 Å². The summed E-state index contributed by atoms with van der Waals surface area (Å²) in [6.45, 7) is 2.22. The van der Waals surface area contributed by atoms with Gasteiger partial charge in [-0.3, -0.25) is 0 Å². The Hall–Kier alpha value is -1.25. The lowest BCUT2D eigenvalue weighted by Gasteiger charge is -2.01. The van der Waals surface area contributed by atoms with Crippen molar-refractivity contribution in [3.05, 3.63) is 24.0 Å². The largest absolute Gasteiger partial charge is 0.550 e. The van der Waals surface area contributed by atoms with Crippen LogP contribution in [0.1, 0.15) is 77.6 Å². The van der Waals surface area contributed by atoms with Crippen molar-refractivity contribution in [3.63, 3.8) is 0 Å². The molecule has 1 fully saturated rings. The first-order chi connectivity index (χ1) is 10.2. The third kappa shape index (κ3) is 10.2. The Kier molecular flexibility index (Phi) is 9.68. The number of allylic oxidation sites excluding steroid dienone is 3. The molecule has 0 saturated carbocycles. The van der Waals surface area contributed by atoms with Crippen LogP contribution in [0.4, 0.5) is 0 Å². The van der Waals surface area contributed by atoms with Crippen LogP contribution in [-0.2, 0) is 9.53 Å². The summed E-state index contributed by atoms with van der Waals surface area (Å²) in [5.41, 5.74) is 0. The minimum Gasteiger partial charge on any atom is -0.550 e. The molecule has 1 heterocycles. The van der Waals surface area contributed by atoms with Gasteiger partial charge in [0, 0.05) is 5.97 Å². The number of carboxylic acids is 1. The first kappa shape index (κ1) is 17.8. The smallest absolute Gasteiger partial charge is 0.155 e. The van der Waals surface area contributed by atoms with Gasteiger partial charge in [-0.1, -0.05) is 51.2 Å². The molecule has 1 rings (SSSR count). The van der Waals surface area contributed by atoms with Crippen LogP contribution >= 0.6 is 0 Å². The predicted octanol–water partition coefficient (Wildman–Crippen LogP) is 3.89. The van der Waals surface area contributed by atoms with Crippen molar-refractivity contribution < 1.29 is 14.6 Å². The second-order valence-corrected chi connectivity index (χ2v) is 5.78. The van der Waals surface area contributed by atoms with E-state index in [2.05, 4.69) is 25.2 Å². The Morgan fingerprint density at radius 1 is 1.14 bits per heavy atom. The first-order valence-corrected chi connectivity index (χ1v) is 8.47. The SMILES string of the molecule is CCCCC/C=C\C=C1/O[C@H]1CCCCCCCC(=O)[O-]. The third-order valence-corrected chi connectivity index (χ3v) is 3.76. The van der Waals surface area contributed by atoms with Gasteiger partial charge in [-0.2, -0.15) is 0 Å². The topological polar surface area (TPSA) is 52.7 Å². The number of carboxylic acid groups (broad SMARTS) is 1. The number of ether oxygens (including phenoxy) is 1. The number of epoxide rings is 1. The van der Waals surface area contributed by atoms with Gasteiger partial charge >= 0.3 is 0 Å². The molecule has 0 unspecified atom stereocenters. The van der Waals surface area contributed by atoms with Crippen molar-refractivity contribution in [3.8, 4) is 0 Å². The van der Waals surface area contributed by atoms with E-state index in [1.807, 2.05) is 0 Å². The van der Waals surface area contributed by atoms with E-state index < -0.39 is 5.97 Å². The van der Waals surface area contributed by atoms with E-state index >= 15 is 0 Å². The van der Waals surface area contributed by atoms with E-state index in [0.29, 0.717) is 6.10 Å². The number of hydrogen-bond acceptors (Lipinski definition) is 3. The van der Waals surface area contributed by atoms with Crippen LogP contribution in [0.3, 0.4) is 0 Å². The van der Waals surface area contributed by atoms with E-state index in [0.717, 1.165) is 50.7 Å².